The molecule has 1 aromatic heterocycles. The van der Waals surface area contributed by atoms with Crippen LogP contribution < -0.4 is 5.32 Å². The predicted molar refractivity (Wildman–Crippen MR) is 65.5 cm³/mol. The summed E-state index contributed by atoms with van der Waals surface area (Å²) in [5, 5.41) is 3.32. The lowest BCUT2D eigenvalue weighted by atomic mass is 10.2. The first kappa shape index (κ1) is 12.5. The van der Waals surface area contributed by atoms with Crippen LogP contribution in [0.25, 0.3) is 0 Å². The fourth-order valence-electron chi connectivity index (χ4n) is 1.77. The molecule has 1 N–H and O–H groups in total. The first-order valence-corrected chi connectivity index (χ1v) is 7.38. The molecule has 1 aliphatic rings. The summed E-state index contributed by atoms with van der Waals surface area (Å²) in [7, 11) is -3.10. The smallest absolute Gasteiger partial charge is 0.224 e. The molecular weight excluding hydrogens is 264 g/mol. The van der Waals surface area contributed by atoms with Crippen LogP contribution in [0.2, 0.25) is 5.28 Å². The van der Waals surface area contributed by atoms with Gasteiger partial charge in [-0.1, -0.05) is 0 Å². The van der Waals surface area contributed by atoms with E-state index >= 15 is 0 Å². The van der Waals surface area contributed by atoms with Crippen LogP contribution in [-0.2, 0) is 10.0 Å². The van der Waals surface area contributed by atoms with Crippen molar-refractivity contribution in [2.75, 3.05) is 24.7 Å². The monoisotopic (exact) mass is 276 g/mol. The number of nitrogens with one attached hydrogen (secondary N) is 1. The van der Waals surface area contributed by atoms with E-state index < -0.39 is 10.0 Å². The van der Waals surface area contributed by atoms with Gasteiger partial charge in [0.15, 0.2) is 0 Å². The maximum atomic E-state index is 11.3. The van der Waals surface area contributed by atoms with Gasteiger partial charge in [0.1, 0.15) is 5.82 Å². The quantitative estimate of drug-likeness (QED) is 0.817. The van der Waals surface area contributed by atoms with E-state index in [4.69, 9.17) is 11.6 Å². The molecule has 1 aliphatic heterocycles. The zero-order chi connectivity index (χ0) is 12.5. The van der Waals surface area contributed by atoms with Crippen LogP contribution in [-0.4, -0.2) is 48.1 Å². The molecule has 1 atom stereocenters. The van der Waals surface area contributed by atoms with Crippen molar-refractivity contribution in [2.24, 2.45) is 0 Å². The van der Waals surface area contributed by atoms with Crippen LogP contribution in [0.15, 0.2) is 12.3 Å². The van der Waals surface area contributed by atoms with Crippen molar-refractivity contribution in [3.8, 4) is 0 Å². The molecule has 94 valence electrons. The second kappa shape index (κ2) is 4.75. The van der Waals surface area contributed by atoms with E-state index in [-0.39, 0.29) is 11.3 Å². The minimum atomic E-state index is -3.10. The SMILES string of the molecule is CS(=O)(=O)N1CCC(Nc2ccnc(Cl)n2)C1. The molecule has 8 heteroatoms. The second-order valence-electron chi connectivity index (χ2n) is 3.96. The molecule has 0 saturated carbocycles. The normalized spacial score (nSPS) is 21.6. The Balaban J connectivity index is 1.99. The molecule has 0 aliphatic carbocycles. The third kappa shape index (κ3) is 3.27. The van der Waals surface area contributed by atoms with Crippen molar-refractivity contribution in [2.45, 2.75) is 12.5 Å². The average molecular weight is 277 g/mol. The standard InChI is InChI=1S/C9H13ClN4O2S/c1-17(15,16)14-5-3-7(6-14)12-8-2-4-11-9(10)13-8/h2,4,7H,3,5-6H2,1H3,(H,11,12,13). The largest absolute Gasteiger partial charge is 0.366 e. The molecule has 2 heterocycles. The van der Waals surface area contributed by atoms with Gasteiger partial charge in [-0.05, 0) is 24.1 Å². The van der Waals surface area contributed by atoms with Crippen LogP contribution in [0.5, 0.6) is 0 Å². The molecule has 0 radical (unpaired) electrons. The Morgan fingerprint density at radius 3 is 2.94 bits per heavy atom. The van der Waals surface area contributed by atoms with Gasteiger partial charge in [-0.3, -0.25) is 0 Å². The Morgan fingerprint density at radius 2 is 2.35 bits per heavy atom. The average Bonchev–Trinajstić information content (AvgIpc) is 2.65. The molecule has 1 fully saturated rings. The molecular formula is C9H13ClN4O2S. The molecule has 0 amide bonds. The summed E-state index contributed by atoms with van der Waals surface area (Å²) in [5.41, 5.74) is 0. The highest BCUT2D eigenvalue weighted by Gasteiger charge is 2.28. The van der Waals surface area contributed by atoms with Crippen LogP contribution in [0.4, 0.5) is 5.82 Å². The minimum absolute atomic E-state index is 0.0655. The Morgan fingerprint density at radius 1 is 1.59 bits per heavy atom. The van der Waals surface area contributed by atoms with E-state index in [1.54, 1.807) is 12.3 Å². The molecule has 1 saturated heterocycles. The Bertz CT molecular complexity index is 507. The number of nitrogens with zero attached hydrogens (tertiary/aromatic N) is 3. The molecule has 0 bridgehead atoms. The van der Waals surface area contributed by atoms with Crippen LogP contribution in [0.3, 0.4) is 0 Å². The topological polar surface area (TPSA) is 75.2 Å². The molecule has 17 heavy (non-hydrogen) atoms. The Labute approximate surface area is 105 Å². The van der Waals surface area contributed by atoms with Gasteiger partial charge in [0.25, 0.3) is 0 Å². The second-order valence-corrected chi connectivity index (χ2v) is 6.28. The first-order valence-electron chi connectivity index (χ1n) is 5.15. The maximum absolute atomic E-state index is 11.3. The van der Waals surface area contributed by atoms with Crippen LogP contribution in [0, 0.1) is 0 Å². The summed E-state index contributed by atoms with van der Waals surface area (Å²) >= 11 is 5.66. The fraction of sp³-hybridized carbons (Fsp3) is 0.556. The van der Waals surface area contributed by atoms with E-state index in [0.29, 0.717) is 18.9 Å². The molecule has 2 rings (SSSR count). The van der Waals surface area contributed by atoms with Gasteiger partial charge < -0.3 is 5.32 Å². The lowest BCUT2D eigenvalue weighted by molar-refractivity contribution is 0.480. The summed E-state index contributed by atoms with van der Waals surface area (Å²) in [6.07, 6.45) is 3.53. The van der Waals surface area contributed by atoms with Crippen molar-refractivity contribution in [3.05, 3.63) is 17.5 Å². The Hall–Kier alpha value is -0.920. The van der Waals surface area contributed by atoms with E-state index in [2.05, 4.69) is 15.3 Å². The molecule has 0 aromatic carbocycles. The summed E-state index contributed by atoms with van der Waals surface area (Å²) in [5.74, 6) is 0.616. The lowest BCUT2D eigenvalue weighted by Crippen LogP contribution is -2.30. The van der Waals surface area contributed by atoms with Gasteiger partial charge in [0.05, 0.1) is 6.26 Å². The van der Waals surface area contributed by atoms with Gasteiger partial charge in [-0.25, -0.2) is 22.7 Å². The summed E-state index contributed by atoms with van der Waals surface area (Å²) in [6.45, 7) is 0.996. The van der Waals surface area contributed by atoms with E-state index in [9.17, 15) is 8.42 Å². The first-order chi connectivity index (χ1) is 7.95. The van der Waals surface area contributed by atoms with Crippen molar-refractivity contribution in [3.63, 3.8) is 0 Å². The van der Waals surface area contributed by atoms with Crippen molar-refractivity contribution >= 4 is 27.4 Å². The van der Waals surface area contributed by atoms with Crippen LogP contribution in [0.1, 0.15) is 6.42 Å². The van der Waals surface area contributed by atoms with Gasteiger partial charge in [-0.2, -0.15) is 0 Å². The zero-order valence-electron chi connectivity index (χ0n) is 9.30. The molecule has 1 unspecified atom stereocenters. The minimum Gasteiger partial charge on any atom is -0.366 e. The van der Waals surface area contributed by atoms with Crippen molar-refractivity contribution in [1.29, 1.82) is 0 Å². The third-order valence-electron chi connectivity index (χ3n) is 2.60. The van der Waals surface area contributed by atoms with Gasteiger partial charge in [0, 0.05) is 25.3 Å². The highest BCUT2D eigenvalue weighted by Crippen LogP contribution is 2.17. The molecule has 1 aromatic rings. The summed E-state index contributed by atoms with van der Waals surface area (Å²) in [6, 6.07) is 1.77. The lowest BCUT2D eigenvalue weighted by Gasteiger charge is -2.14. The zero-order valence-corrected chi connectivity index (χ0v) is 10.9. The van der Waals surface area contributed by atoms with Gasteiger partial charge >= 0.3 is 0 Å². The van der Waals surface area contributed by atoms with E-state index in [1.165, 1.54) is 10.6 Å². The number of anilines is 1. The summed E-state index contributed by atoms with van der Waals surface area (Å²) in [4.78, 5) is 7.78. The number of hydrogen-bond acceptors (Lipinski definition) is 5. The molecule has 6 nitrogen and oxygen atoms in total. The number of rotatable bonds is 3. The predicted octanol–water partition coefficient (Wildman–Crippen LogP) is 0.576. The Kier molecular flexibility index (Phi) is 3.50. The number of halogens is 1. The van der Waals surface area contributed by atoms with E-state index in [0.717, 1.165) is 6.42 Å². The maximum Gasteiger partial charge on any atom is 0.224 e. The number of aromatic nitrogens is 2. The highest BCUT2D eigenvalue weighted by atomic mass is 35.5. The van der Waals surface area contributed by atoms with E-state index in [1.807, 2.05) is 0 Å². The van der Waals surface area contributed by atoms with Crippen molar-refractivity contribution < 1.29 is 8.42 Å². The number of sulfonamides is 1. The summed E-state index contributed by atoms with van der Waals surface area (Å²) < 4.78 is 24.1. The molecule has 0 spiro atoms. The number of hydrogen-bond donors (Lipinski definition) is 1. The van der Waals surface area contributed by atoms with Gasteiger partial charge in [-0.15, -0.1) is 0 Å². The van der Waals surface area contributed by atoms with Gasteiger partial charge in [0.2, 0.25) is 15.3 Å². The fourth-order valence-corrected chi connectivity index (χ4v) is 2.81. The highest BCUT2D eigenvalue weighted by molar-refractivity contribution is 7.88. The third-order valence-corrected chi connectivity index (χ3v) is 4.05. The van der Waals surface area contributed by atoms with Crippen LogP contribution >= 0.6 is 11.6 Å². The van der Waals surface area contributed by atoms with Crippen molar-refractivity contribution in [1.82, 2.24) is 14.3 Å².